The summed E-state index contributed by atoms with van der Waals surface area (Å²) >= 11 is 0. The van der Waals surface area contributed by atoms with E-state index in [4.69, 9.17) is 4.65 Å². The fraction of sp³-hybridized carbons (Fsp3) is 0.714. The van der Waals surface area contributed by atoms with Gasteiger partial charge in [-0.1, -0.05) is 26.5 Å². The van der Waals surface area contributed by atoms with Gasteiger partial charge in [0.25, 0.3) is 0 Å². The van der Waals surface area contributed by atoms with Crippen molar-refractivity contribution in [3.63, 3.8) is 0 Å². The number of hydrogen-bond acceptors (Lipinski definition) is 1. The van der Waals surface area contributed by atoms with Gasteiger partial charge in [0.05, 0.1) is 7.14 Å². The lowest BCUT2D eigenvalue weighted by Gasteiger charge is -2.32. The minimum Gasteiger partial charge on any atom is -0.395 e. The van der Waals surface area contributed by atoms with E-state index in [0.29, 0.717) is 6.32 Å². The summed E-state index contributed by atoms with van der Waals surface area (Å²) < 4.78 is 46.7. The molecular weight excluding hydrogens is 283 g/mol. The Morgan fingerprint density at radius 1 is 1.40 bits per heavy atom. The van der Waals surface area contributed by atoms with Gasteiger partial charge in [0.1, 0.15) is 12.0 Å². The van der Waals surface area contributed by atoms with Crippen molar-refractivity contribution in [2.45, 2.75) is 52.2 Å². The van der Waals surface area contributed by atoms with Gasteiger partial charge in [-0.2, -0.15) is 8.78 Å². The zero-order valence-corrected chi connectivity index (χ0v) is 14.0. The van der Waals surface area contributed by atoms with Crippen molar-refractivity contribution in [1.82, 2.24) is 0 Å². The molecule has 0 fully saturated rings. The second-order valence-corrected chi connectivity index (χ2v) is 9.70. The van der Waals surface area contributed by atoms with Gasteiger partial charge in [-0.25, -0.2) is 4.39 Å². The molecule has 0 saturated heterocycles. The van der Waals surface area contributed by atoms with E-state index in [9.17, 15) is 13.2 Å². The third-order valence-corrected chi connectivity index (χ3v) is 7.21. The SMILES string of the molecule is C=C/C=C(/F)C[P+](C)(B(CC)OC(C)(C)CC)C(F)F. The van der Waals surface area contributed by atoms with Gasteiger partial charge < -0.3 is 4.65 Å². The molecule has 0 amide bonds. The van der Waals surface area contributed by atoms with Crippen molar-refractivity contribution in [2.24, 2.45) is 0 Å². The maximum atomic E-state index is 13.7. The van der Waals surface area contributed by atoms with Crippen LogP contribution >= 0.6 is 7.14 Å². The van der Waals surface area contributed by atoms with Gasteiger partial charge in [-0.3, -0.25) is 0 Å². The largest absolute Gasteiger partial charge is 0.503 e. The molecule has 1 nitrogen and oxygen atoms in total. The molecule has 6 heteroatoms. The third kappa shape index (κ3) is 5.61. The maximum absolute atomic E-state index is 13.7. The molecule has 1 unspecified atom stereocenters. The normalized spacial score (nSPS) is 16.1. The highest BCUT2D eigenvalue weighted by Crippen LogP contribution is 2.65. The molecule has 1 atom stereocenters. The van der Waals surface area contributed by atoms with Crippen LogP contribution in [0.2, 0.25) is 6.32 Å². The molecule has 0 aliphatic heterocycles. The molecule has 116 valence electrons. The summed E-state index contributed by atoms with van der Waals surface area (Å²) in [6.07, 6.45) is 0.817. The Morgan fingerprint density at radius 3 is 2.30 bits per heavy atom. The minimum absolute atomic E-state index is 0.241. The molecule has 0 N–H and O–H groups in total. The lowest BCUT2D eigenvalue weighted by atomic mass is 9.91. The van der Waals surface area contributed by atoms with E-state index in [1.54, 1.807) is 0 Å². The molecule has 0 aromatic heterocycles. The predicted molar refractivity (Wildman–Crippen MR) is 84.8 cm³/mol. The Labute approximate surface area is 122 Å². The first-order valence-corrected chi connectivity index (χ1v) is 9.46. The van der Waals surface area contributed by atoms with E-state index in [0.717, 1.165) is 12.5 Å². The van der Waals surface area contributed by atoms with Crippen LogP contribution in [-0.4, -0.2) is 31.2 Å². The van der Waals surface area contributed by atoms with Gasteiger partial charge in [0, 0.05) is 12.3 Å². The number of alkyl halides is 2. The summed E-state index contributed by atoms with van der Waals surface area (Å²) in [6.45, 7) is 11.8. The van der Waals surface area contributed by atoms with Crippen LogP contribution < -0.4 is 0 Å². The first-order chi connectivity index (χ1) is 9.12. The van der Waals surface area contributed by atoms with Gasteiger partial charge in [-0.15, -0.1) is 0 Å². The zero-order valence-electron chi connectivity index (χ0n) is 13.1. The molecule has 20 heavy (non-hydrogen) atoms. The van der Waals surface area contributed by atoms with E-state index in [2.05, 4.69) is 6.58 Å². The van der Waals surface area contributed by atoms with Crippen molar-refractivity contribution < 1.29 is 17.8 Å². The van der Waals surface area contributed by atoms with E-state index in [1.807, 2.05) is 27.7 Å². The number of halogens is 3. The molecule has 0 aliphatic carbocycles. The summed E-state index contributed by atoms with van der Waals surface area (Å²) in [5, 5.41) is 0. The van der Waals surface area contributed by atoms with Crippen LogP contribution in [-0.2, 0) is 4.65 Å². The summed E-state index contributed by atoms with van der Waals surface area (Å²) in [5.74, 6) is -0.549. The van der Waals surface area contributed by atoms with Crippen LogP contribution in [0.3, 0.4) is 0 Å². The molecule has 0 bridgehead atoms. The number of allylic oxidation sites excluding steroid dienone is 3. The highest BCUT2D eigenvalue weighted by Gasteiger charge is 2.56. The second-order valence-electron chi connectivity index (χ2n) is 5.73. The number of rotatable bonds is 9. The molecule has 0 aliphatic rings. The summed E-state index contributed by atoms with van der Waals surface area (Å²) in [5.41, 5.74) is -0.477. The Bertz CT molecular complexity index is 347. The molecule has 0 saturated carbocycles. The van der Waals surface area contributed by atoms with Crippen molar-refractivity contribution >= 4 is 13.8 Å². The quantitative estimate of drug-likeness (QED) is 0.305. The molecule has 0 aromatic carbocycles. The highest BCUT2D eigenvalue weighted by atomic mass is 31.2. The topological polar surface area (TPSA) is 9.23 Å². The van der Waals surface area contributed by atoms with E-state index >= 15 is 0 Å². The van der Waals surface area contributed by atoms with Crippen molar-refractivity contribution in [2.75, 3.05) is 12.8 Å². The monoisotopic (exact) mass is 309 g/mol. The van der Waals surface area contributed by atoms with Crippen LogP contribution in [0.25, 0.3) is 0 Å². The minimum atomic E-state index is -2.89. The lowest BCUT2D eigenvalue weighted by Crippen LogP contribution is -2.37. The van der Waals surface area contributed by atoms with Crippen LogP contribution in [0.5, 0.6) is 0 Å². The fourth-order valence-electron chi connectivity index (χ4n) is 1.87. The van der Waals surface area contributed by atoms with Crippen molar-refractivity contribution in [1.29, 1.82) is 0 Å². The predicted octanol–water partition coefficient (Wildman–Crippen LogP) is 5.61. The smallest absolute Gasteiger partial charge is 0.395 e. The number of hydrogen-bond donors (Lipinski definition) is 0. The van der Waals surface area contributed by atoms with Crippen molar-refractivity contribution in [3.8, 4) is 0 Å². The summed E-state index contributed by atoms with van der Waals surface area (Å²) in [7, 11) is -2.89. The van der Waals surface area contributed by atoms with E-state index < -0.39 is 31.4 Å². The van der Waals surface area contributed by atoms with Crippen molar-refractivity contribution in [3.05, 3.63) is 24.6 Å². The highest BCUT2D eigenvalue weighted by molar-refractivity contribution is 8.03. The van der Waals surface area contributed by atoms with Crippen LogP contribution in [0.4, 0.5) is 13.2 Å². The van der Waals surface area contributed by atoms with E-state index in [-0.39, 0.29) is 6.16 Å². The summed E-state index contributed by atoms with van der Waals surface area (Å²) in [4.78, 5) is 0. The van der Waals surface area contributed by atoms with Gasteiger partial charge in [0.2, 0.25) is 0 Å². The Balaban J connectivity index is 5.29. The Kier molecular flexibility index (Phi) is 8.12. The van der Waals surface area contributed by atoms with Gasteiger partial charge >= 0.3 is 12.8 Å². The summed E-state index contributed by atoms with van der Waals surface area (Å²) in [6, 6.07) is 0. The standard InChI is InChI=1S/C14H26BF3OP/c1-7-10-12(16)11-20(6,13(17)18)15(9-3)19-14(4,5)8-2/h7,10,13H,1,8-9,11H2,2-6H3/q+1/b12-10+. The first kappa shape index (κ1) is 19.7. The van der Waals surface area contributed by atoms with Gasteiger partial charge in [0.15, 0.2) is 0 Å². The Hall–Kier alpha value is -0.275. The Morgan fingerprint density at radius 2 is 1.95 bits per heavy atom. The molecule has 0 spiro atoms. The fourth-order valence-corrected chi connectivity index (χ4v) is 4.58. The second kappa shape index (κ2) is 8.24. The molecule has 0 heterocycles. The lowest BCUT2D eigenvalue weighted by molar-refractivity contribution is 0.107. The third-order valence-electron chi connectivity index (χ3n) is 3.55. The molecule has 0 aromatic rings. The molecule has 0 radical (unpaired) electrons. The average molecular weight is 309 g/mol. The van der Waals surface area contributed by atoms with Crippen LogP contribution in [0, 0.1) is 0 Å². The van der Waals surface area contributed by atoms with Gasteiger partial charge in [-0.05, 0) is 32.7 Å². The maximum Gasteiger partial charge on any atom is 0.503 e. The van der Waals surface area contributed by atoms with E-state index in [1.165, 1.54) is 12.7 Å². The molecular formula is C14H26BF3OP+. The average Bonchev–Trinajstić information content (AvgIpc) is 2.35. The zero-order chi connectivity index (χ0) is 16.0. The first-order valence-electron chi connectivity index (χ1n) is 6.90. The molecule has 0 rings (SSSR count). The van der Waals surface area contributed by atoms with Crippen LogP contribution in [0.15, 0.2) is 24.6 Å². The van der Waals surface area contributed by atoms with Crippen LogP contribution in [0.1, 0.15) is 34.1 Å².